The maximum Gasteiger partial charge on any atom is 0.244 e. The van der Waals surface area contributed by atoms with Crippen LogP contribution in [-0.4, -0.2) is 20.7 Å². The highest BCUT2D eigenvalue weighted by Crippen LogP contribution is 2.31. The first-order chi connectivity index (χ1) is 10.2. The molecule has 0 spiro atoms. The molecule has 1 N–H and O–H groups in total. The first-order valence-corrected chi connectivity index (χ1v) is 7.45. The van der Waals surface area contributed by atoms with Crippen molar-refractivity contribution in [2.45, 2.75) is 30.0 Å². The molecule has 2 rings (SSSR count). The summed E-state index contributed by atoms with van der Waals surface area (Å²) < 4.78 is 1.71. The van der Waals surface area contributed by atoms with Crippen molar-refractivity contribution in [3.05, 3.63) is 43.0 Å². The number of nitriles is 1. The van der Waals surface area contributed by atoms with E-state index in [0.717, 1.165) is 10.6 Å². The van der Waals surface area contributed by atoms with Crippen molar-refractivity contribution in [2.24, 2.45) is 0 Å². The highest BCUT2D eigenvalue weighted by molar-refractivity contribution is 8.00. The van der Waals surface area contributed by atoms with Gasteiger partial charge in [0.15, 0.2) is 0 Å². The van der Waals surface area contributed by atoms with Crippen LogP contribution >= 0.6 is 11.8 Å². The zero-order valence-corrected chi connectivity index (χ0v) is 12.5. The number of anilines is 1. The summed E-state index contributed by atoms with van der Waals surface area (Å²) in [7, 11) is 0. The summed E-state index contributed by atoms with van der Waals surface area (Å²) in [5.74, 6) is -0.103. The van der Waals surface area contributed by atoms with E-state index in [1.807, 2.05) is 31.2 Å². The van der Waals surface area contributed by atoms with E-state index >= 15 is 0 Å². The number of nitrogens with zero attached hydrogens (tertiary/aromatic N) is 3. The Kier molecular flexibility index (Phi) is 5.41. The summed E-state index contributed by atoms with van der Waals surface area (Å²) in [5, 5.41) is 11.8. The number of benzene rings is 1. The minimum Gasteiger partial charge on any atom is -0.328 e. The third-order valence-electron chi connectivity index (χ3n) is 2.75. The van der Waals surface area contributed by atoms with Gasteiger partial charge in [-0.25, -0.2) is 4.98 Å². The van der Waals surface area contributed by atoms with Gasteiger partial charge in [-0.1, -0.05) is 19.1 Å². The third kappa shape index (κ3) is 4.65. The van der Waals surface area contributed by atoms with Crippen molar-refractivity contribution in [1.82, 2.24) is 9.55 Å². The van der Waals surface area contributed by atoms with Crippen molar-refractivity contribution in [2.75, 3.05) is 5.32 Å². The number of hydrogen-bond donors (Lipinski definition) is 1. The molecule has 0 saturated carbocycles. The van der Waals surface area contributed by atoms with Gasteiger partial charge in [-0.3, -0.25) is 4.79 Å². The Labute approximate surface area is 128 Å². The second-order valence-electron chi connectivity index (χ2n) is 4.57. The maximum atomic E-state index is 12.0. The summed E-state index contributed by atoms with van der Waals surface area (Å²) in [6.45, 7) is 2.23. The molecule has 1 atom stereocenters. The number of imidazole rings is 1. The van der Waals surface area contributed by atoms with Crippen LogP contribution in [0.5, 0.6) is 0 Å². The highest BCUT2D eigenvalue weighted by atomic mass is 32.2. The molecule has 5 nitrogen and oxygen atoms in total. The molecule has 6 heteroatoms. The van der Waals surface area contributed by atoms with E-state index in [0.29, 0.717) is 6.42 Å². The molecule has 1 aromatic carbocycles. The Balaban J connectivity index is 2.02. The fraction of sp³-hybridized carbons (Fsp3) is 0.267. The van der Waals surface area contributed by atoms with Crippen LogP contribution < -0.4 is 5.32 Å². The van der Waals surface area contributed by atoms with Gasteiger partial charge in [0.25, 0.3) is 0 Å². The largest absolute Gasteiger partial charge is 0.328 e. The molecular weight excluding hydrogens is 284 g/mol. The van der Waals surface area contributed by atoms with E-state index < -0.39 is 0 Å². The summed E-state index contributed by atoms with van der Waals surface area (Å²) in [6.07, 6.45) is 5.47. The van der Waals surface area contributed by atoms with Gasteiger partial charge < -0.3 is 9.88 Å². The minimum atomic E-state index is -0.103. The number of amides is 1. The molecule has 1 amide bonds. The van der Waals surface area contributed by atoms with Crippen LogP contribution in [0.15, 0.2) is 47.9 Å². The fourth-order valence-corrected chi connectivity index (χ4v) is 2.79. The number of rotatable bonds is 6. The predicted molar refractivity (Wildman–Crippen MR) is 82.8 cm³/mol. The zero-order chi connectivity index (χ0) is 15.1. The first kappa shape index (κ1) is 15.1. The van der Waals surface area contributed by atoms with Crippen LogP contribution in [0.2, 0.25) is 0 Å². The molecule has 0 aliphatic rings. The van der Waals surface area contributed by atoms with Gasteiger partial charge in [0, 0.05) is 29.0 Å². The molecule has 21 heavy (non-hydrogen) atoms. The van der Waals surface area contributed by atoms with Crippen molar-refractivity contribution < 1.29 is 4.79 Å². The number of para-hydroxylation sites is 1. The molecule has 108 valence electrons. The minimum absolute atomic E-state index is 0.103. The molecule has 0 saturated heterocycles. The lowest BCUT2D eigenvalue weighted by Gasteiger charge is -2.13. The van der Waals surface area contributed by atoms with Gasteiger partial charge in [-0.2, -0.15) is 5.26 Å². The van der Waals surface area contributed by atoms with Gasteiger partial charge in [0.05, 0.1) is 18.1 Å². The van der Waals surface area contributed by atoms with Crippen LogP contribution in [0.3, 0.4) is 0 Å². The van der Waals surface area contributed by atoms with Gasteiger partial charge in [-0.05, 0) is 12.1 Å². The molecule has 0 radical (unpaired) electrons. The monoisotopic (exact) mass is 300 g/mol. The lowest BCUT2D eigenvalue weighted by molar-refractivity contribution is -0.116. The van der Waals surface area contributed by atoms with Crippen molar-refractivity contribution in [3.63, 3.8) is 0 Å². The summed E-state index contributed by atoms with van der Waals surface area (Å²) in [4.78, 5) is 16.9. The molecule has 0 fully saturated rings. The third-order valence-corrected chi connectivity index (χ3v) is 3.93. The van der Waals surface area contributed by atoms with Crippen LogP contribution in [-0.2, 0) is 11.3 Å². The van der Waals surface area contributed by atoms with Gasteiger partial charge in [-0.15, -0.1) is 11.8 Å². The van der Waals surface area contributed by atoms with E-state index in [1.54, 1.807) is 35.0 Å². The van der Waals surface area contributed by atoms with Gasteiger partial charge in [0.1, 0.15) is 6.54 Å². The SMILES string of the molecule is C[C@H](CC#N)Sc1ccccc1NC(=O)Cn1ccnc1. The van der Waals surface area contributed by atoms with E-state index in [-0.39, 0.29) is 17.7 Å². The second-order valence-corrected chi connectivity index (χ2v) is 6.05. The molecule has 0 unspecified atom stereocenters. The van der Waals surface area contributed by atoms with Crippen molar-refractivity contribution in [1.29, 1.82) is 5.26 Å². The van der Waals surface area contributed by atoms with Gasteiger partial charge >= 0.3 is 0 Å². The molecule has 2 aromatic rings. The van der Waals surface area contributed by atoms with E-state index in [9.17, 15) is 4.79 Å². The average molecular weight is 300 g/mol. The van der Waals surface area contributed by atoms with Gasteiger partial charge in [0.2, 0.25) is 5.91 Å². The normalized spacial score (nSPS) is 11.6. The molecule has 0 bridgehead atoms. The Morgan fingerprint density at radius 2 is 2.33 bits per heavy atom. The highest BCUT2D eigenvalue weighted by Gasteiger charge is 2.10. The Morgan fingerprint density at radius 3 is 3.05 bits per heavy atom. The van der Waals surface area contributed by atoms with Crippen LogP contribution in [0.25, 0.3) is 0 Å². The number of carbonyl (C=O) groups excluding carboxylic acids is 1. The summed E-state index contributed by atoms with van der Waals surface area (Å²) in [6, 6.07) is 9.78. The predicted octanol–water partition coefficient (Wildman–Crippen LogP) is 2.92. The number of aromatic nitrogens is 2. The molecule has 0 aliphatic carbocycles. The molecule has 1 heterocycles. The smallest absolute Gasteiger partial charge is 0.244 e. The summed E-state index contributed by atoms with van der Waals surface area (Å²) in [5.41, 5.74) is 0.775. The Hall–Kier alpha value is -2.26. The maximum absolute atomic E-state index is 12.0. The molecular formula is C15H16N4OS. The average Bonchev–Trinajstić information content (AvgIpc) is 2.94. The van der Waals surface area contributed by atoms with E-state index in [1.165, 1.54) is 0 Å². The number of carbonyl (C=O) groups is 1. The quantitative estimate of drug-likeness (QED) is 0.833. The summed E-state index contributed by atoms with van der Waals surface area (Å²) >= 11 is 1.59. The van der Waals surface area contributed by atoms with E-state index in [2.05, 4.69) is 16.4 Å². The molecule has 1 aromatic heterocycles. The van der Waals surface area contributed by atoms with Crippen molar-refractivity contribution in [3.8, 4) is 6.07 Å². The second kappa shape index (κ2) is 7.50. The number of nitrogens with one attached hydrogen (secondary N) is 1. The topological polar surface area (TPSA) is 70.7 Å². The molecule has 0 aliphatic heterocycles. The first-order valence-electron chi connectivity index (χ1n) is 6.57. The number of thioether (sulfide) groups is 1. The lowest BCUT2D eigenvalue weighted by atomic mass is 10.3. The number of hydrogen-bond acceptors (Lipinski definition) is 4. The van der Waals surface area contributed by atoms with Crippen molar-refractivity contribution >= 4 is 23.4 Å². The van der Waals surface area contributed by atoms with Crippen LogP contribution in [0.4, 0.5) is 5.69 Å². The Bertz CT molecular complexity index is 633. The lowest BCUT2D eigenvalue weighted by Crippen LogP contribution is -2.18. The van der Waals surface area contributed by atoms with E-state index in [4.69, 9.17) is 5.26 Å². The van der Waals surface area contributed by atoms with Crippen LogP contribution in [0.1, 0.15) is 13.3 Å². The zero-order valence-electron chi connectivity index (χ0n) is 11.7. The standard InChI is InChI=1S/C15H16N4OS/c1-12(6-7-16)21-14-5-3-2-4-13(14)18-15(20)10-19-9-8-17-11-19/h2-5,8-9,11-12H,6,10H2,1H3,(H,18,20)/t12-/m1/s1. The fourth-order valence-electron chi connectivity index (χ4n) is 1.80. The van der Waals surface area contributed by atoms with Crippen LogP contribution in [0, 0.1) is 11.3 Å². The Morgan fingerprint density at radius 1 is 1.52 bits per heavy atom.